The van der Waals surface area contributed by atoms with Crippen LogP contribution in [0.5, 0.6) is 0 Å². The maximum atomic E-state index is 5.64. The van der Waals surface area contributed by atoms with Gasteiger partial charge in [-0.3, -0.25) is 4.99 Å². The molecule has 1 aromatic carbocycles. The Kier molecular flexibility index (Phi) is 4.66. The van der Waals surface area contributed by atoms with Crippen molar-refractivity contribution in [3.8, 4) is 0 Å². The maximum absolute atomic E-state index is 5.64. The number of benzene rings is 1. The van der Waals surface area contributed by atoms with Gasteiger partial charge in [0.1, 0.15) is 0 Å². The number of anilines is 1. The largest absolute Gasteiger partial charge is 0.381 e. The highest BCUT2D eigenvalue weighted by molar-refractivity contribution is 5.80. The molecule has 1 aromatic rings. The van der Waals surface area contributed by atoms with E-state index in [0.717, 1.165) is 51.9 Å². The van der Waals surface area contributed by atoms with E-state index in [1.54, 1.807) is 0 Å². The molecular weight excluding hydrogens is 312 g/mol. The first-order chi connectivity index (χ1) is 12.3. The van der Waals surface area contributed by atoms with Crippen LogP contribution in [0.1, 0.15) is 18.4 Å². The SMILES string of the molecule is CN=C(NCc1cccc(N2CC=CC2)c1)N1CCC2(CCOC2)C1. The fraction of sp³-hybridized carbons (Fsp3) is 0.550. The quantitative estimate of drug-likeness (QED) is 0.520. The van der Waals surface area contributed by atoms with Crippen LogP contribution in [0.15, 0.2) is 41.4 Å². The molecule has 3 aliphatic heterocycles. The Morgan fingerprint density at radius 2 is 2.16 bits per heavy atom. The van der Waals surface area contributed by atoms with Gasteiger partial charge in [0.05, 0.1) is 6.61 Å². The molecule has 5 nitrogen and oxygen atoms in total. The minimum absolute atomic E-state index is 0.361. The van der Waals surface area contributed by atoms with Crippen molar-refractivity contribution in [2.45, 2.75) is 19.4 Å². The van der Waals surface area contributed by atoms with Crippen LogP contribution in [-0.2, 0) is 11.3 Å². The number of ether oxygens (including phenoxy) is 1. The van der Waals surface area contributed by atoms with Crippen molar-refractivity contribution in [3.05, 3.63) is 42.0 Å². The van der Waals surface area contributed by atoms with Crippen molar-refractivity contribution in [2.75, 3.05) is 51.3 Å². The van der Waals surface area contributed by atoms with Gasteiger partial charge in [-0.05, 0) is 30.5 Å². The van der Waals surface area contributed by atoms with Gasteiger partial charge in [0.15, 0.2) is 5.96 Å². The van der Waals surface area contributed by atoms with Gasteiger partial charge in [-0.15, -0.1) is 0 Å². The number of rotatable bonds is 3. The van der Waals surface area contributed by atoms with Crippen LogP contribution >= 0.6 is 0 Å². The second-order valence-corrected chi connectivity index (χ2v) is 7.42. The number of aliphatic imine (C=N–C) groups is 1. The Morgan fingerprint density at radius 1 is 1.28 bits per heavy atom. The van der Waals surface area contributed by atoms with E-state index in [9.17, 15) is 0 Å². The van der Waals surface area contributed by atoms with Gasteiger partial charge >= 0.3 is 0 Å². The zero-order valence-corrected chi connectivity index (χ0v) is 15.1. The molecule has 2 saturated heterocycles. The Labute approximate surface area is 150 Å². The van der Waals surface area contributed by atoms with Gasteiger partial charge in [0, 0.05) is 57.5 Å². The summed E-state index contributed by atoms with van der Waals surface area (Å²) in [7, 11) is 1.88. The monoisotopic (exact) mass is 340 g/mol. The molecule has 1 N–H and O–H groups in total. The van der Waals surface area contributed by atoms with E-state index in [-0.39, 0.29) is 0 Å². The highest BCUT2D eigenvalue weighted by Crippen LogP contribution is 2.38. The normalized spacial score (nSPS) is 26.2. The standard InChI is InChI=1S/C20H28N4O/c1-21-19(24-11-7-20(15-24)8-12-25-16-20)22-14-17-5-4-6-18(13-17)23-9-2-3-10-23/h2-6,13H,7-12,14-16H2,1H3,(H,21,22). The molecule has 5 heteroatoms. The van der Waals surface area contributed by atoms with Crippen molar-refractivity contribution in [3.63, 3.8) is 0 Å². The molecule has 2 fully saturated rings. The third kappa shape index (κ3) is 3.52. The fourth-order valence-corrected chi connectivity index (χ4v) is 4.15. The van der Waals surface area contributed by atoms with Gasteiger partial charge in [-0.1, -0.05) is 24.3 Å². The number of likely N-dealkylation sites (tertiary alicyclic amines) is 1. The molecule has 25 heavy (non-hydrogen) atoms. The number of hydrogen-bond donors (Lipinski definition) is 1. The predicted molar refractivity (Wildman–Crippen MR) is 102 cm³/mol. The first kappa shape index (κ1) is 16.5. The molecule has 0 saturated carbocycles. The Bertz CT molecular complexity index is 655. The highest BCUT2D eigenvalue weighted by Gasteiger charge is 2.42. The molecule has 0 bridgehead atoms. The van der Waals surface area contributed by atoms with Crippen LogP contribution in [0, 0.1) is 5.41 Å². The molecule has 1 unspecified atom stereocenters. The molecule has 3 heterocycles. The van der Waals surface area contributed by atoms with Gasteiger partial charge in [0.2, 0.25) is 0 Å². The average Bonchev–Trinajstić information content (AvgIpc) is 3.40. The molecule has 0 aromatic heterocycles. The molecule has 0 radical (unpaired) electrons. The van der Waals surface area contributed by atoms with Crippen LogP contribution in [0.3, 0.4) is 0 Å². The van der Waals surface area contributed by atoms with Crippen LogP contribution in [-0.4, -0.2) is 57.3 Å². The lowest BCUT2D eigenvalue weighted by atomic mass is 9.87. The first-order valence-electron chi connectivity index (χ1n) is 9.30. The molecule has 1 spiro atoms. The number of guanidine groups is 1. The summed E-state index contributed by atoms with van der Waals surface area (Å²) < 4.78 is 5.64. The smallest absolute Gasteiger partial charge is 0.193 e. The maximum Gasteiger partial charge on any atom is 0.193 e. The summed E-state index contributed by atoms with van der Waals surface area (Å²) >= 11 is 0. The van der Waals surface area contributed by atoms with Crippen LogP contribution in [0.25, 0.3) is 0 Å². The zero-order valence-electron chi connectivity index (χ0n) is 15.1. The molecule has 134 valence electrons. The van der Waals surface area contributed by atoms with Crippen LogP contribution < -0.4 is 10.2 Å². The molecule has 0 aliphatic carbocycles. The summed E-state index contributed by atoms with van der Waals surface area (Å²) in [5, 5.41) is 3.55. The summed E-state index contributed by atoms with van der Waals surface area (Å²) in [4.78, 5) is 9.28. The Morgan fingerprint density at radius 3 is 2.92 bits per heavy atom. The summed E-state index contributed by atoms with van der Waals surface area (Å²) in [6.45, 7) is 6.79. The van der Waals surface area contributed by atoms with E-state index in [1.165, 1.54) is 24.1 Å². The molecular formula is C20H28N4O. The topological polar surface area (TPSA) is 40.1 Å². The van der Waals surface area contributed by atoms with E-state index < -0.39 is 0 Å². The third-order valence-electron chi connectivity index (χ3n) is 5.68. The van der Waals surface area contributed by atoms with Crippen LogP contribution in [0.2, 0.25) is 0 Å². The summed E-state index contributed by atoms with van der Waals surface area (Å²) in [5.74, 6) is 1.01. The highest BCUT2D eigenvalue weighted by atomic mass is 16.5. The lowest BCUT2D eigenvalue weighted by molar-refractivity contribution is 0.156. The minimum Gasteiger partial charge on any atom is -0.381 e. The van der Waals surface area contributed by atoms with Gasteiger partial charge in [0.25, 0.3) is 0 Å². The number of nitrogens with zero attached hydrogens (tertiary/aromatic N) is 3. The van der Waals surface area contributed by atoms with E-state index in [1.807, 2.05) is 7.05 Å². The molecule has 3 aliphatic rings. The van der Waals surface area contributed by atoms with Gasteiger partial charge in [-0.25, -0.2) is 0 Å². The molecule has 0 amide bonds. The van der Waals surface area contributed by atoms with Crippen molar-refractivity contribution >= 4 is 11.6 Å². The van der Waals surface area contributed by atoms with E-state index in [4.69, 9.17) is 4.74 Å². The first-order valence-corrected chi connectivity index (χ1v) is 9.30. The van der Waals surface area contributed by atoms with E-state index in [0.29, 0.717) is 5.41 Å². The number of nitrogens with one attached hydrogen (secondary N) is 1. The van der Waals surface area contributed by atoms with Crippen molar-refractivity contribution in [1.82, 2.24) is 10.2 Å². The van der Waals surface area contributed by atoms with Gasteiger partial charge < -0.3 is 19.9 Å². The fourth-order valence-electron chi connectivity index (χ4n) is 4.15. The lowest BCUT2D eigenvalue weighted by Crippen LogP contribution is -2.41. The van der Waals surface area contributed by atoms with Gasteiger partial charge in [-0.2, -0.15) is 0 Å². The lowest BCUT2D eigenvalue weighted by Gasteiger charge is -2.25. The van der Waals surface area contributed by atoms with Crippen LogP contribution in [0.4, 0.5) is 5.69 Å². The Balaban J connectivity index is 1.36. The minimum atomic E-state index is 0.361. The molecule has 4 rings (SSSR count). The summed E-state index contributed by atoms with van der Waals surface area (Å²) in [5.41, 5.74) is 2.95. The van der Waals surface area contributed by atoms with E-state index >= 15 is 0 Å². The summed E-state index contributed by atoms with van der Waals surface area (Å²) in [6.07, 6.45) is 6.85. The second kappa shape index (κ2) is 7.08. The average molecular weight is 340 g/mol. The van der Waals surface area contributed by atoms with Crippen molar-refractivity contribution in [1.29, 1.82) is 0 Å². The van der Waals surface area contributed by atoms with Crippen molar-refractivity contribution in [2.24, 2.45) is 10.4 Å². The van der Waals surface area contributed by atoms with Crippen molar-refractivity contribution < 1.29 is 4.74 Å². The predicted octanol–water partition coefficient (Wildman–Crippen LogP) is 2.25. The molecule has 1 atom stereocenters. The zero-order chi connectivity index (χ0) is 17.1. The Hall–Kier alpha value is -2.01. The van der Waals surface area contributed by atoms with E-state index in [2.05, 4.69) is 56.5 Å². The summed E-state index contributed by atoms with van der Waals surface area (Å²) in [6, 6.07) is 8.80. The third-order valence-corrected chi connectivity index (χ3v) is 5.68. The number of hydrogen-bond acceptors (Lipinski definition) is 3. The second-order valence-electron chi connectivity index (χ2n) is 7.42.